The van der Waals surface area contributed by atoms with Gasteiger partial charge >= 0.3 is 0 Å². The van der Waals surface area contributed by atoms with Crippen LogP contribution in [-0.4, -0.2) is 38.5 Å². The summed E-state index contributed by atoms with van der Waals surface area (Å²) >= 11 is 2.63. The predicted octanol–water partition coefficient (Wildman–Crippen LogP) is 4.48. The number of anilines is 1. The van der Waals surface area contributed by atoms with E-state index in [1.165, 1.54) is 35.2 Å². The Morgan fingerprint density at radius 2 is 1.84 bits per heavy atom. The molecule has 0 fully saturated rings. The zero-order chi connectivity index (χ0) is 21.8. The average Bonchev–Trinajstić information content (AvgIpc) is 3.39. The van der Waals surface area contributed by atoms with Crippen molar-refractivity contribution in [2.24, 2.45) is 7.05 Å². The molecule has 0 atom stereocenters. The van der Waals surface area contributed by atoms with Gasteiger partial charge in [-0.15, -0.1) is 21.5 Å². The number of ether oxygens (including phenoxy) is 1. The Balaban J connectivity index is 1.36. The molecule has 158 valence electrons. The molecule has 0 aliphatic carbocycles. The average molecular weight is 456 g/mol. The summed E-state index contributed by atoms with van der Waals surface area (Å²) in [5, 5.41) is 14.1. The highest BCUT2D eigenvalue weighted by atomic mass is 32.2. The molecule has 0 radical (unpaired) electrons. The molecule has 4 rings (SSSR count). The van der Waals surface area contributed by atoms with E-state index in [0.29, 0.717) is 16.1 Å². The maximum Gasteiger partial charge on any atom is 0.236 e. The maximum atomic E-state index is 13.1. The number of rotatable bonds is 7. The van der Waals surface area contributed by atoms with Crippen LogP contribution in [0.1, 0.15) is 0 Å². The van der Waals surface area contributed by atoms with Gasteiger partial charge in [0.15, 0.2) is 16.1 Å². The normalized spacial score (nSPS) is 10.8. The lowest BCUT2D eigenvalue weighted by atomic mass is 10.2. The first-order valence-corrected chi connectivity index (χ1v) is 11.1. The fourth-order valence-electron chi connectivity index (χ4n) is 2.80. The molecule has 0 aliphatic heterocycles. The highest BCUT2D eigenvalue weighted by Crippen LogP contribution is 2.27. The predicted molar refractivity (Wildman–Crippen MR) is 120 cm³/mol. The second-order valence-corrected chi connectivity index (χ2v) is 8.28. The van der Waals surface area contributed by atoms with E-state index in [1.807, 2.05) is 29.6 Å². The number of aromatic nitrogens is 4. The molecule has 31 heavy (non-hydrogen) atoms. The molecule has 2 aromatic heterocycles. The van der Waals surface area contributed by atoms with Crippen molar-refractivity contribution in [3.63, 3.8) is 0 Å². The number of benzene rings is 2. The van der Waals surface area contributed by atoms with Gasteiger partial charge in [-0.3, -0.25) is 4.79 Å². The van der Waals surface area contributed by atoms with Crippen molar-refractivity contribution in [2.45, 2.75) is 5.16 Å². The molecule has 0 saturated heterocycles. The number of nitrogens with zero attached hydrogens (tertiary/aromatic N) is 4. The molecule has 0 aliphatic rings. The Morgan fingerprint density at radius 1 is 1.13 bits per heavy atom. The third-order valence-corrected chi connectivity index (χ3v) is 6.18. The van der Waals surface area contributed by atoms with E-state index in [-0.39, 0.29) is 17.5 Å². The smallest absolute Gasteiger partial charge is 0.236 e. The van der Waals surface area contributed by atoms with Crippen LogP contribution in [-0.2, 0) is 11.8 Å². The number of amides is 1. The van der Waals surface area contributed by atoms with Crippen molar-refractivity contribution in [2.75, 3.05) is 18.2 Å². The Kier molecular flexibility index (Phi) is 6.28. The van der Waals surface area contributed by atoms with Crippen molar-refractivity contribution in [1.82, 2.24) is 19.7 Å². The van der Waals surface area contributed by atoms with Crippen molar-refractivity contribution < 1.29 is 13.9 Å². The number of thioether (sulfide) groups is 1. The first-order valence-electron chi connectivity index (χ1n) is 9.21. The van der Waals surface area contributed by atoms with E-state index < -0.39 is 0 Å². The SMILES string of the molecule is COc1ccc(-c2csc(NC(=O)CSc3nnc(-c4ccc(F)cc4)n3C)n2)cc1. The van der Waals surface area contributed by atoms with E-state index in [1.54, 1.807) is 30.9 Å². The van der Waals surface area contributed by atoms with Gasteiger partial charge in [0, 0.05) is 23.6 Å². The van der Waals surface area contributed by atoms with Crippen LogP contribution in [0.5, 0.6) is 5.75 Å². The molecule has 7 nitrogen and oxygen atoms in total. The van der Waals surface area contributed by atoms with Crippen LogP contribution >= 0.6 is 23.1 Å². The van der Waals surface area contributed by atoms with E-state index >= 15 is 0 Å². The Morgan fingerprint density at radius 3 is 2.55 bits per heavy atom. The molecule has 0 unspecified atom stereocenters. The van der Waals surface area contributed by atoms with E-state index in [0.717, 1.165) is 22.6 Å². The van der Waals surface area contributed by atoms with Crippen LogP contribution in [0.25, 0.3) is 22.6 Å². The highest BCUT2D eigenvalue weighted by molar-refractivity contribution is 7.99. The van der Waals surface area contributed by atoms with E-state index in [4.69, 9.17) is 4.74 Å². The molecule has 1 amide bonds. The topological polar surface area (TPSA) is 81.9 Å². The fraction of sp³-hybridized carbons (Fsp3) is 0.143. The van der Waals surface area contributed by atoms with E-state index in [2.05, 4.69) is 20.5 Å². The summed E-state index contributed by atoms with van der Waals surface area (Å²) in [7, 11) is 3.43. The third-order valence-electron chi connectivity index (χ3n) is 4.41. The molecular weight excluding hydrogens is 437 g/mol. The van der Waals surface area contributed by atoms with Crippen molar-refractivity contribution >= 4 is 34.1 Å². The second-order valence-electron chi connectivity index (χ2n) is 6.48. The quantitative estimate of drug-likeness (QED) is 0.414. The molecule has 0 spiro atoms. The molecule has 10 heteroatoms. The summed E-state index contributed by atoms with van der Waals surface area (Å²) in [5.74, 6) is 1.04. The number of hydrogen-bond acceptors (Lipinski definition) is 7. The van der Waals surface area contributed by atoms with Crippen molar-refractivity contribution in [3.05, 3.63) is 59.7 Å². The third kappa shape index (κ3) is 4.92. The molecular formula is C21H18FN5O2S2. The Bertz CT molecular complexity index is 1190. The molecule has 2 aromatic carbocycles. The number of nitrogens with one attached hydrogen (secondary N) is 1. The van der Waals surface area contributed by atoms with Gasteiger partial charge in [-0.1, -0.05) is 11.8 Å². The summed E-state index contributed by atoms with van der Waals surface area (Å²) in [6.07, 6.45) is 0. The van der Waals surface area contributed by atoms with Gasteiger partial charge in [-0.25, -0.2) is 9.37 Å². The van der Waals surface area contributed by atoms with Crippen molar-refractivity contribution in [1.29, 1.82) is 0 Å². The summed E-state index contributed by atoms with van der Waals surface area (Å²) in [4.78, 5) is 16.8. The lowest BCUT2D eigenvalue weighted by molar-refractivity contribution is -0.113. The number of methoxy groups -OCH3 is 1. The van der Waals surface area contributed by atoms with Gasteiger partial charge in [0.05, 0.1) is 18.6 Å². The fourth-order valence-corrected chi connectivity index (χ4v) is 4.25. The van der Waals surface area contributed by atoms with Gasteiger partial charge < -0.3 is 14.6 Å². The minimum Gasteiger partial charge on any atom is -0.497 e. The standard InChI is InChI=1S/C21H18FN5O2S2/c1-27-19(14-3-7-15(22)8-4-14)25-26-21(27)31-12-18(28)24-20-23-17(11-30-20)13-5-9-16(29-2)10-6-13/h3-11H,12H2,1-2H3,(H,23,24,28). The van der Waals surface area contributed by atoms with Crippen molar-refractivity contribution in [3.8, 4) is 28.4 Å². The van der Waals surface area contributed by atoms with Gasteiger partial charge in [0.25, 0.3) is 0 Å². The molecule has 4 aromatic rings. The lowest BCUT2D eigenvalue weighted by Crippen LogP contribution is -2.14. The highest BCUT2D eigenvalue weighted by Gasteiger charge is 2.14. The summed E-state index contributed by atoms with van der Waals surface area (Å²) in [6.45, 7) is 0. The number of carbonyl (C=O) groups is 1. The largest absolute Gasteiger partial charge is 0.497 e. The van der Waals surface area contributed by atoms with Crippen LogP contribution in [0.4, 0.5) is 9.52 Å². The number of halogens is 1. The number of hydrogen-bond donors (Lipinski definition) is 1. The first kappa shape index (κ1) is 21.0. The Hall–Kier alpha value is -3.24. The zero-order valence-electron chi connectivity index (χ0n) is 16.7. The van der Waals surface area contributed by atoms with Gasteiger partial charge in [0.2, 0.25) is 5.91 Å². The monoisotopic (exact) mass is 455 g/mol. The maximum absolute atomic E-state index is 13.1. The van der Waals surface area contributed by atoms with Crippen LogP contribution in [0.2, 0.25) is 0 Å². The molecule has 0 saturated carbocycles. The number of thiazole rings is 1. The second kappa shape index (κ2) is 9.27. The van der Waals surface area contributed by atoms with Gasteiger partial charge in [0.1, 0.15) is 11.6 Å². The van der Waals surface area contributed by atoms with Gasteiger partial charge in [-0.05, 0) is 48.5 Å². The summed E-state index contributed by atoms with van der Waals surface area (Å²) < 4.78 is 20.1. The molecule has 1 N–H and O–H groups in total. The van der Waals surface area contributed by atoms with Crippen LogP contribution in [0, 0.1) is 5.82 Å². The van der Waals surface area contributed by atoms with Crippen LogP contribution < -0.4 is 10.1 Å². The molecule has 2 heterocycles. The minimum atomic E-state index is -0.311. The number of carbonyl (C=O) groups excluding carboxylic acids is 1. The van der Waals surface area contributed by atoms with Crippen LogP contribution in [0.15, 0.2) is 59.1 Å². The lowest BCUT2D eigenvalue weighted by Gasteiger charge is -2.04. The van der Waals surface area contributed by atoms with Gasteiger partial charge in [-0.2, -0.15) is 0 Å². The van der Waals surface area contributed by atoms with E-state index in [9.17, 15) is 9.18 Å². The first-order chi connectivity index (χ1) is 15.0. The zero-order valence-corrected chi connectivity index (χ0v) is 18.3. The Labute approximate surface area is 186 Å². The minimum absolute atomic E-state index is 0.160. The summed E-state index contributed by atoms with van der Waals surface area (Å²) in [5.41, 5.74) is 2.48. The van der Waals surface area contributed by atoms with Crippen LogP contribution in [0.3, 0.4) is 0 Å². The molecule has 0 bridgehead atoms. The summed E-state index contributed by atoms with van der Waals surface area (Å²) in [6, 6.07) is 13.6.